The lowest BCUT2D eigenvalue weighted by molar-refractivity contribution is -0.137. The molecule has 1 atom stereocenters. The van der Waals surface area contributed by atoms with E-state index in [0.717, 1.165) is 42.6 Å². The van der Waals surface area contributed by atoms with Crippen LogP contribution in [0.1, 0.15) is 62.1 Å². The smallest absolute Gasteiger partial charge is 0.247 e. The molecule has 0 radical (unpaired) electrons. The van der Waals surface area contributed by atoms with Crippen molar-refractivity contribution in [3.8, 4) is 5.69 Å². The van der Waals surface area contributed by atoms with Crippen LogP contribution in [0.5, 0.6) is 0 Å². The standard InChI is InChI=1S/C23H28N4O2/c24-23(29)20-12-6-7-15-26(20)21(28)14-13-18-16-27(19-10-2-1-3-11-19)25-22(18)17-8-4-5-9-17/h1-3,10-11,13-14,16-17,20H,4-9,12,15H2,(H2,24,29)/b14-13+. The Labute approximate surface area is 171 Å². The van der Waals surface area contributed by atoms with E-state index in [1.54, 1.807) is 11.0 Å². The first-order chi connectivity index (χ1) is 14.1. The summed E-state index contributed by atoms with van der Waals surface area (Å²) < 4.78 is 1.89. The van der Waals surface area contributed by atoms with E-state index in [2.05, 4.69) is 0 Å². The third kappa shape index (κ3) is 4.26. The summed E-state index contributed by atoms with van der Waals surface area (Å²) in [6.07, 6.45) is 12.6. The van der Waals surface area contributed by atoms with Gasteiger partial charge >= 0.3 is 0 Å². The molecule has 1 aliphatic heterocycles. The molecule has 2 fully saturated rings. The average molecular weight is 393 g/mol. The zero-order valence-corrected chi connectivity index (χ0v) is 16.7. The highest BCUT2D eigenvalue weighted by molar-refractivity contribution is 5.95. The molecule has 152 valence electrons. The van der Waals surface area contributed by atoms with Crippen LogP contribution in [-0.2, 0) is 9.59 Å². The summed E-state index contributed by atoms with van der Waals surface area (Å²) in [5, 5.41) is 4.86. The summed E-state index contributed by atoms with van der Waals surface area (Å²) in [6, 6.07) is 9.52. The van der Waals surface area contributed by atoms with Crippen LogP contribution in [0, 0.1) is 0 Å². The molecule has 1 saturated carbocycles. The Morgan fingerprint density at radius 1 is 1.03 bits per heavy atom. The number of primary amides is 1. The monoisotopic (exact) mass is 392 g/mol. The first-order valence-corrected chi connectivity index (χ1v) is 10.6. The van der Waals surface area contributed by atoms with Crippen molar-refractivity contribution in [3.05, 3.63) is 53.9 Å². The summed E-state index contributed by atoms with van der Waals surface area (Å²) in [7, 11) is 0. The van der Waals surface area contributed by atoms with Gasteiger partial charge in [0.1, 0.15) is 6.04 Å². The first kappa shape index (κ1) is 19.4. The van der Waals surface area contributed by atoms with E-state index in [0.29, 0.717) is 18.9 Å². The molecule has 6 nitrogen and oxygen atoms in total. The minimum atomic E-state index is -0.498. The Balaban J connectivity index is 1.60. The summed E-state index contributed by atoms with van der Waals surface area (Å²) in [6.45, 7) is 0.579. The molecule has 1 aromatic carbocycles. The van der Waals surface area contributed by atoms with Crippen LogP contribution in [0.2, 0.25) is 0 Å². The predicted molar refractivity (Wildman–Crippen MR) is 112 cm³/mol. The number of carbonyl (C=O) groups excluding carboxylic acids is 2. The molecule has 2 aliphatic rings. The highest BCUT2D eigenvalue weighted by Crippen LogP contribution is 2.35. The van der Waals surface area contributed by atoms with Gasteiger partial charge in [-0.2, -0.15) is 5.10 Å². The third-order valence-corrected chi connectivity index (χ3v) is 6.05. The zero-order chi connectivity index (χ0) is 20.2. The van der Waals surface area contributed by atoms with E-state index in [4.69, 9.17) is 10.8 Å². The van der Waals surface area contributed by atoms with Crippen LogP contribution in [-0.4, -0.2) is 39.1 Å². The molecule has 1 saturated heterocycles. The minimum Gasteiger partial charge on any atom is -0.368 e. The Morgan fingerprint density at radius 2 is 1.76 bits per heavy atom. The van der Waals surface area contributed by atoms with Crippen LogP contribution >= 0.6 is 0 Å². The van der Waals surface area contributed by atoms with Gasteiger partial charge in [0.25, 0.3) is 0 Å². The molecule has 2 N–H and O–H groups in total. The van der Waals surface area contributed by atoms with Gasteiger partial charge in [0, 0.05) is 30.3 Å². The third-order valence-electron chi connectivity index (χ3n) is 6.05. The Hall–Kier alpha value is -2.89. The first-order valence-electron chi connectivity index (χ1n) is 10.6. The van der Waals surface area contributed by atoms with Crippen molar-refractivity contribution in [1.82, 2.24) is 14.7 Å². The largest absolute Gasteiger partial charge is 0.368 e. The number of aromatic nitrogens is 2. The highest BCUT2D eigenvalue weighted by Gasteiger charge is 2.29. The van der Waals surface area contributed by atoms with Crippen molar-refractivity contribution >= 4 is 17.9 Å². The normalized spacial score (nSPS) is 20.4. The maximum Gasteiger partial charge on any atom is 0.247 e. The Bertz CT molecular complexity index is 897. The molecular formula is C23H28N4O2. The van der Waals surface area contributed by atoms with Gasteiger partial charge < -0.3 is 10.6 Å². The zero-order valence-electron chi connectivity index (χ0n) is 16.7. The van der Waals surface area contributed by atoms with Crippen LogP contribution in [0.4, 0.5) is 0 Å². The number of rotatable bonds is 5. The summed E-state index contributed by atoms with van der Waals surface area (Å²) in [5.74, 6) is -0.142. The number of hydrogen-bond acceptors (Lipinski definition) is 3. The number of para-hydroxylation sites is 1. The lowest BCUT2D eigenvalue weighted by atomic mass is 9.99. The summed E-state index contributed by atoms with van der Waals surface area (Å²) in [5.41, 5.74) is 8.54. The van der Waals surface area contributed by atoms with Crippen molar-refractivity contribution in [2.45, 2.75) is 56.9 Å². The minimum absolute atomic E-state index is 0.154. The molecule has 0 spiro atoms. The van der Waals surface area contributed by atoms with Gasteiger partial charge in [-0.15, -0.1) is 0 Å². The molecular weight excluding hydrogens is 364 g/mol. The van der Waals surface area contributed by atoms with Gasteiger partial charge in [-0.3, -0.25) is 9.59 Å². The molecule has 29 heavy (non-hydrogen) atoms. The fourth-order valence-corrected chi connectivity index (χ4v) is 4.51. The second-order valence-corrected chi connectivity index (χ2v) is 8.01. The van der Waals surface area contributed by atoms with Crippen molar-refractivity contribution in [3.63, 3.8) is 0 Å². The van der Waals surface area contributed by atoms with E-state index < -0.39 is 11.9 Å². The van der Waals surface area contributed by atoms with Crippen molar-refractivity contribution in [1.29, 1.82) is 0 Å². The highest BCUT2D eigenvalue weighted by atomic mass is 16.2. The molecule has 2 heterocycles. The molecule has 0 bridgehead atoms. The summed E-state index contributed by atoms with van der Waals surface area (Å²) in [4.78, 5) is 26.1. The average Bonchev–Trinajstić information content (AvgIpc) is 3.42. The molecule has 1 aromatic heterocycles. The number of nitrogens with two attached hydrogens (primary N) is 1. The molecule has 2 aromatic rings. The topological polar surface area (TPSA) is 81.2 Å². The van der Waals surface area contributed by atoms with Gasteiger partial charge in [0.2, 0.25) is 11.8 Å². The molecule has 6 heteroatoms. The molecule has 2 amide bonds. The van der Waals surface area contributed by atoms with Crippen molar-refractivity contribution in [2.24, 2.45) is 5.73 Å². The Morgan fingerprint density at radius 3 is 2.48 bits per heavy atom. The maximum absolute atomic E-state index is 12.8. The van der Waals surface area contributed by atoms with E-state index in [9.17, 15) is 9.59 Å². The number of nitrogens with zero attached hydrogens (tertiary/aromatic N) is 3. The van der Waals surface area contributed by atoms with Crippen LogP contribution < -0.4 is 5.73 Å². The van der Waals surface area contributed by atoms with Crippen molar-refractivity contribution in [2.75, 3.05) is 6.54 Å². The SMILES string of the molecule is NC(=O)C1CCCCN1C(=O)/C=C/c1cn(-c2ccccc2)nc1C1CCCC1. The fourth-order valence-electron chi connectivity index (χ4n) is 4.51. The van der Waals surface area contributed by atoms with E-state index in [1.165, 1.54) is 12.8 Å². The lowest BCUT2D eigenvalue weighted by Gasteiger charge is -2.32. The van der Waals surface area contributed by atoms with Gasteiger partial charge in [-0.25, -0.2) is 4.68 Å². The number of carbonyl (C=O) groups is 2. The van der Waals surface area contributed by atoms with E-state index >= 15 is 0 Å². The number of benzene rings is 1. The number of piperidine rings is 1. The van der Waals surface area contributed by atoms with Gasteiger partial charge in [-0.05, 0) is 50.3 Å². The second-order valence-electron chi connectivity index (χ2n) is 8.01. The lowest BCUT2D eigenvalue weighted by Crippen LogP contribution is -2.49. The number of likely N-dealkylation sites (tertiary alicyclic amines) is 1. The maximum atomic E-state index is 12.8. The van der Waals surface area contributed by atoms with Crippen LogP contribution in [0.25, 0.3) is 11.8 Å². The molecule has 4 rings (SSSR count). The summed E-state index contributed by atoms with van der Waals surface area (Å²) >= 11 is 0. The molecule has 1 unspecified atom stereocenters. The Kier molecular flexibility index (Phi) is 5.79. The number of amides is 2. The van der Waals surface area contributed by atoms with Crippen LogP contribution in [0.15, 0.2) is 42.6 Å². The van der Waals surface area contributed by atoms with E-state index in [1.807, 2.05) is 47.3 Å². The predicted octanol–water partition coefficient (Wildman–Crippen LogP) is 3.41. The molecule has 1 aliphatic carbocycles. The van der Waals surface area contributed by atoms with E-state index in [-0.39, 0.29) is 5.91 Å². The van der Waals surface area contributed by atoms with Crippen LogP contribution in [0.3, 0.4) is 0 Å². The van der Waals surface area contributed by atoms with Gasteiger partial charge in [0.05, 0.1) is 11.4 Å². The second kappa shape index (κ2) is 8.64. The van der Waals surface area contributed by atoms with Gasteiger partial charge in [-0.1, -0.05) is 31.0 Å². The fraction of sp³-hybridized carbons (Fsp3) is 0.435. The quantitative estimate of drug-likeness (QED) is 0.792. The van der Waals surface area contributed by atoms with Crippen molar-refractivity contribution < 1.29 is 9.59 Å². The number of hydrogen-bond donors (Lipinski definition) is 1. The van der Waals surface area contributed by atoms with Gasteiger partial charge in [0.15, 0.2) is 0 Å².